The van der Waals surface area contributed by atoms with Gasteiger partial charge in [0, 0.05) is 44.6 Å². The maximum absolute atomic E-state index is 13.8. The molecule has 2 aromatic carbocycles. The van der Waals surface area contributed by atoms with Crippen molar-refractivity contribution in [3.05, 3.63) is 53.1 Å². The quantitative estimate of drug-likeness (QED) is 0.452. The Balaban J connectivity index is 1.43. The predicted molar refractivity (Wildman–Crippen MR) is 141 cm³/mol. The van der Waals surface area contributed by atoms with Crippen LogP contribution >= 0.6 is 11.3 Å². The molecule has 3 heterocycles. The predicted octanol–water partition coefficient (Wildman–Crippen LogP) is 3.94. The molecular formula is C27H30N4O4S. The van der Waals surface area contributed by atoms with Crippen LogP contribution in [0.3, 0.4) is 0 Å². The van der Waals surface area contributed by atoms with Crippen LogP contribution in [0.25, 0.3) is 10.2 Å². The van der Waals surface area contributed by atoms with Gasteiger partial charge in [-0.1, -0.05) is 17.4 Å². The summed E-state index contributed by atoms with van der Waals surface area (Å²) in [6.45, 7) is 8.78. The Morgan fingerprint density at radius 1 is 1.06 bits per heavy atom. The van der Waals surface area contributed by atoms with Crippen molar-refractivity contribution in [3.8, 4) is 0 Å². The number of benzene rings is 2. The van der Waals surface area contributed by atoms with E-state index in [9.17, 15) is 14.4 Å². The fourth-order valence-corrected chi connectivity index (χ4v) is 5.71. The van der Waals surface area contributed by atoms with Crippen LogP contribution in [0.5, 0.6) is 0 Å². The van der Waals surface area contributed by atoms with E-state index in [-0.39, 0.29) is 30.6 Å². The molecule has 0 radical (unpaired) electrons. The van der Waals surface area contributed by atoms with Gasteiger partial charge in [-0.15, -0.1) is 0 Å². The van der Waals surface area contributed by atoms with Crippen LogP contribution in [0.1, 0.15) is 40.7 Å². The number of amides is 3. The molecule has 5 rings (SSSR count). The third-order valence-electron chi connectivity index (χ3n) is 6.83. The monoisotopic (exact) mass is 506 g/mol. The highest BCUT2D eigenvalue weighted by Crippen LogP contribution is 2.32. The average Bonchev–Trinajstić information content (AvgIpc) is 3.44. The number of aryl methyl sites for hydroxylation is 2. The summed E-state index contributed by atoms with van der Waals surface area (Å²) < 4.78 is 6.49. The highest BCUT2D eigenvalue weighted by atomic mass is 32.1. The standard InChI is InChI=1S/C27H30N4O4S/c1-18-15-22-23(16-19(18)2)36-27(28-22)30(10-4-9-29-11-13-35-14-12-29)26(34)20-5-3-6-21(17-20)31-24(32)7-8-25(31)33/h3,5-6,15-17H,4,7-14H2,1-2H3. The molecule has 0 aliphatic carbocycles. The van der Waals surface area contributed by atoms with Gasteiger partial charge in [0.1, 0.15) is 0 Å². The van der Waals surface area contributed by atoms with Crippen LogP contribution in [-0.2, 0) is 14.3 Å². The van der Waals surface area contributed by atoms with E-state index in [0.717, 1.165) is 55.0 Å². The van der Waals surface area contributed by atoms with Crippen LogP contribution in [0.2, 0.25) is 0 Å². The maximum Gasteiger partial charge on any atom is 0.260 e. The first-order valence-corrected chi connectivity index (χ1v) is 13.2. The third-order valence-corrected chi connectivity index (χ3v) is 7.87. The Morgan fingerprint density at radius 2 is 1.78 bits per heavy atom. The molecule has 2 aliphatic heterocycles. The summed E-state index contributed by atoms with van der Waals surface area (Å²) in [5.74, 6) is -0.654. The fraction of sp³-hybridized carbons (Fsp3) is 0.407. The van der Waals surface area contributed by atoms with Gasteiger partial charge in [0.25, 0.3) is 5.91 Å². The molecule has 2 aliphatic rings. The van der Waals surface area contributed by atoms with Gasteiger partial charge in [-0.05, 0) is 61.7 Å². The Bertz CT molecular complexity index is 1260. The zero-order valence-electron chi connectivity index (χ0n) is 20.7. The van der Waals surface area contributed by atoms with Crippen molar-refractivity contribution < 1.29 is 19.1 Å². The highest BCUT2D eigenvalue weighted by Gasteiger charge is 2.31. The number of imide groups is 1. The van der Waals surface area contributed by atoms with E-state index in [1.165, 1.54) is 21.8 Å². The number of aromatic nitrogens is 1. The maximum atomic E-state index is 13.8. The zero-order chi connectivity index (χ0) is 25.2. The summed E-state index contributed by atoms with van der Waals surface area (Å²) in [6, 6.07) is 11.0. The molecule has 3 aromatic rings. The molecule has 9 heteroatoms. The molecule has 36 heavy (non-hydrogen) atoms. The number of fused-ring (bicyclic) bond motifs is 1. The molecule has 0 bridgehead atoms. The number of carbonyl (C=O) groups excluding carboxylic acids is 3. The Kier molecular flexibility index (Phi) is 7.13. The molecule has 0 N–H and O–H groups in total. The average molecular weight is 507 g/mol. The summed E-state index contributed by atoms with van der Waals surface area (Å²) in [5.41, 5.74) is 4.11. The first-order chi connectivity index (χ1) is 17.4. The number of hydrogen-bond acceptors (Lipinski definition) is 7. The second-order valence-electron chi connectivity index (χ2n) is 9.34. The lowest BCUT2D eigenvalue weighted by atomic mass is 10.1. The van der Waals surface area contributed by atoms with Gasteiger partial charge in [0.2, 0.25) is 11.8 Å². The first kappa shape index (κ1) is 24.5. The summed E-state index contributed by atoms with van der Waals surface area (Å²) in [6.07, 6.45) is 1.20. The second kappa shape index (κ2) is 10.5. The number of thiazole rings is 1. The van der Waals surface area contributed by atoms with E-state index in [2.05, 4.69) is 30.9 Å². The molecular weight excluding hydrogens is 476 g/mol. The summed E-state index contributed by atoms with van der Waals surface area (Å²) in [7, 11) is 0. The van der Waals surface area contributed by atoms with Gasteiger partial charge in [0.05, 0.1) is 29.1 Å². The lowest BCUT2D eigenvalue weighted by molar-refractivity contribution is -0.121. The Hall–Kier alpha value is -3.14. The minimum absolute atomic E-state index is 0.189. The van der Waals surface area contributed by atoms with Gasteiger partial charge in [-0.25, -0.2) is 4.98 Å². The zero-order valence-corrected chi connectivity index (χ0v) is 21.5. The number of carbonyl (C=O) groups is 3. The molecule has 0 spiro atoms. The first-order valence-electron chi connectivity index (χ1n) is 12.4. The minimum Gasteiger partial charge on any atom is -0.379 e. The van der Waals surface area contributed by atoms with Gasteiger partial charge in [-0.2, -0.15) is 0 Å². The largest absolute Gasteiger partial charge is 0.379 e. The van der Waals surface area contributed by atoms with Crippen molar-refractivity contribution in [1.82, 2.24) is 9.88 Å². The van der Waals surface area contributed by atoms with Crippen molar-refractivity contribution in [2.24, 2.45) is 0 Å². The molecule has 3 amide bonds. The van der Waals surface area contributed by atoms with E-state index in [1.807, 2.05) is 0 Å². The molecule has 2 fully saturated rings. The third kappa shape index (κ3) is 5.04. The van der Waals surface area contributed by atoms with Crippen molar-refractivity contribution in [3.63, 3.8) is 0 Å². The number of anilines is 2. The van der Waals surface area contributed by atoms with Crippen LogP contribution in [0.15, 0.2) is 36.4 Å². The van der Waals surface area contributed by atoms with E-state index >= 15 is 0 Å². The van der Waals surface area contributed by atoms with E-state index in [1.54, 1.807) is 29.2 Å². The van der Waals surface area contributed by atoms with Crippen molar-refractivity contribution in [2.45, 2.75) is 33.1 Å². The van der Waals surface area contributed by atoms with Crippen molar-refractivity contribution in [1.29, 1.82) is 0 Å². The van der Waals surface area contributed by atoms with Gasteiger partial charge < -0.3 is 4.74 Å². The smallest absolute Gasteiger partial charge is 0.260 e. The minimum atomic E-state index is -0.233. The number of ether oxygens (including phenoxy) is 1. The Morgan fingerprint density at radius 3 is 2.53 bits per heavy atom. The van der Waals surface area contributed by atoms with Crippen molar-refractivity contribution in [2.75, 3.05) is 49.2 Å². The fourth-order valence-electron chi connectivity index (χ4n) is 4.64. The molecule has 2 saturated heterocycles. The lowest BCUT2D eigenvalue weighted by Crippen LogP contribution is -2.39. The lowest BCUT2D eigenvalue weighted by Gasteiger charge is -2.28. The number of hydrogen-bond donors (Lipinski definition) is 0. The number of rotatable bonds is 7. The molecule has 0 saturated carbocycles. The van der Waals surface area contributed by atoms with Crippen LogP contribution in [-0.4, -0.2) is 67.0 Å². The summed E-state index contributed by atoms with van der Waals surface area (Å²) in [5, 5.41) is 0.653. The van der Waals surface area contributed by atoms with Crippen LogP contribution in [0.4, 0.5) is 10.8 Å². The number of nitrogens with zero attached hydrogens (tertiary/aromatic N) is 4. The number of morpholine rings is 1. The van der Waals surface area contributed by atoms with Gasteiger partial charge in [0.15, 0.2) is 5.13 Å². The molecule has 0 unspecified atom stereocenters. The Labute approximate surface area is 214 Å². The van der Waals surface area contributed by atoms with Crippen molar-refractivity contribution >= 4 is 50.1 Å². The highest BCUT2D eigenvalue weighted by molar-refractivity contribution is 7.22. The molecule has 8 nitrogen and oxygen atoms in total. The summed E-state index contributed by atoms with van der Waals surface area (Å²) >= 11 is 1.51. The summed E-state index contributed by atoms with van der Waals surface area (Å²) in [4.78, 5) is 48.4. The van der Waals surface area contributed by atoms with Crippen LogP contribution in [0, 0.1) is 13.8 Å². The second-order valence-corrected chi connectivity index (χ2v) is 10.3. The van der Waals surface area contributed by atoms with Gasteiger partial charge >= 0.3 is 0 Å². The van der Waals surface area contributed by atoms with Gasteiger partial charge in [-0.3, -0.25) is 29.1 Å². The molecule has 188 valence electrons. The molecule has 1 aromatic heterocycles. The van der Waals surface area contributed by atoms with E-state index in [0.29, 0.717) is 22.9 Å². The van der Waals surface area contributed by atoms with E-state index < -0.39 is 0 Å². The normalized spacial score (nSPS) is 16.8. The SMILES string of the molecule is Cc1cc2nc(N(CCCN3CCOCC3)C(=O)c3cccc(N4C(=O)CCC4=O)c3)sc2cc1C. The topological polar surface area (TPSA) is 83.1 Å². The van der Waals surface area contributed by atoms with E-state index in [4.69, 9.17) is 9.72 Å². The van der Waals surface area contributed by atoms with Crippen LogP contribution < -0.4 is 9.80 Å². The molecule has 0 atom stereocenters.